The summed E-state index contributed by atoms with van der Waals surface area (Å²) >= 11 is 0. The molecule has 10 heavy (non-hydrogen) atoms. The van der Waals surface area contributed by atoms with Gasteiger partial charge in [0, 0.05) is 26.6 Å². The monoisotopic (exact) mass is 146 g/mol. The Hall–Kier alpha value is -0.120. The quantitative estimate of drug-likeness (QED) is 0.585. The first kappa shape index (κ1) is 7.98. The van der Waals surface area contributed by atoms with E-state index in [1.54, 1.807) is 14.2 Å². The number of aliphatic hydroxyl groups excluding tert-OH is 1. The highest BCUT2D eigenvalue weighted by atomic mass is 16.7. The summed E-state index contributed by atoms with van der Waals surface area (Å²) < 4.78 is 10.3. The van der Waals surface area contributed by atoms with Crippen LogP contribution in [-0.4, -0.2) is 31.7 Å². The predicted octanol–water partition coefficient (Wildman–Crippen LogP) is 0.378. The Kier molecular flexibility index (Phi) is 2.28. The average Bonchev–Trinajstić information content (AvgIpc) is 1.90. The van der Waals surface area contributed by atoms with E-state index in [1.165, 1.54) is 0 Å². The Morgan fingerprint density at radius 1 is 1.50 bits per heavy atom. The van der Waals surface area contributed by atoms with Crippen molar-refractivity contribution in [2.45, 2.75) is 18.6 Å². The molecule has 0 radical (unpaired) electrons. The van der Waals surface area contributed by atoms with E-state index in [2.05, 4.69) is 0 Å². The van der Waals surface area contributed by atoms with Gasteiger partial charge in [0.25, 0.3) is 0 Å². The second-order valence-corrected chi connectivity index (χ2v) is 2.64. The molecular weight excluding hydrogens is 132 g/mol. The molecule has 1 aliphatic rings. The molecule has 3 heteroatoms. The third kappa shape index (κ3) is 0.944. The van der Waals surface area contributed by atoms with E-state index in [0.29, 0.717) is 0 Å². The maximum absolute atomic E-state index is 8.82. The summed E-state index contributed by atoms with van der Waals surface area (Å²) in [4.78, 5) is 0. The van der Waals surface area contributed by atoms with Gasteiger partial charge in [-0.15, -0.1) is 0 Å². The van der Waals surface area contributed by atoms with Crippen molar-refractivity contribution in [2.75, 3.05) is 20.8 Å². The zero-order chi connectivity index (χ0) is 7.61. The molecule has 1 atom stereocenters. The second-order valence-electron chi connectivity index (χ2n) is 2.64. The number of rotatable bonds is 3. The van der Waals surface area contributed by atoms with Crippen LogP contribution in [0.2, 0.25) is 0 Å². The van der Waals surface area contributed by atoms with E-state index in [1.807, 2.05) is 0 Å². The second kappa shape index (κ2) is 2.86. The molecule has 1 N–H and O–H groups in total. The molecule has 0 aliphatic heterocycles. The highest BCUT2D eigenvalue weighted by Gasteiger charge is 2.47. The summed E-state index contributed by atoms with van der Waals surface area (Å²) in [6.45, 7) is 0.154. The van der Waals surface area contributed by atoms with Crippen molar-refractivity contribution < 1.29 is 14.6 Å². The molecule has 3 nitrogen and oxygen atoms in total. The lowest BCUT2D eigenvalue weighted by Crippen LogP contribution is -2.51. The minimum Gasteiger partial charge on any atom is -0.396 e. The fraction of sp³-hybridized carbons (Fsp3) is 1.00. The van der Waals surface area contributed by atoms with Gasteiger partial charge in [-0.2, -0.15) is 0 Å². The molecule has 60 valence electrons. The molecule has 0 amide bonds. The van der Waals surface area contributed by atoms with Gasteiger partial charge in [0.15, 0.2) is 5.79 Å². The Morgan fingerprint density at radius 2 is 2.10 bits per heavy atom. The predicted molar refractivity (Wildman–Crippen MR) is 36.6 cm³/mol. The van der Waals surface area contributed by atoms with Gasteiger partial charge in [-0.3, -0.25) is 0 Å². The van der Waals surface area contributed by atoms with Gasteiger partial charge in [0.2, 0.25) is 0 Å². The van der Waals surface area contributed by atoms with Crippen LogP contribution in [0.5, 0.6) is 0 Å². The van der Waals surface area contributed by atoms with E-state index < -0.39 is 5.79 Å². The molecule has 1 aliphatic carbocycles. The number of ether oxygens (including phenoxy) is 2. The van der Waals surface area contributed by atoms with Crippen LogP contribution in [-0.2, 0) is 9.47 Å². The van der Waals surface area contributed by atoms with Crippen molar-refractivity contribution in [3.05, 3.63) is 0 Å². The van der Waals surface area contributed by atoms with Crippen molar-refractivity contribution in [3.8, 4) is 0 Å². The lowest BCUT2D eigenvalue weighted by molar-refractivity contribution is -0.292. The molecule has 0 bridgehead atoms. The smallest absolute Gasteiger partial charge is 0.172 e. The van der Waals surface area contributed by atoms with Gasteiger partial charge < -0.3 is 14.6 Å². The Labute approximate surface area is 60.9 Å². The minimum atomic E-state index is -0.477. The summed E-state index contributed by atoms with van der Waals surface area (Å²) in [6, 6.07) is 0. The number of aliphatic hydroxyl groups is 1. The third-order valence-electron chi connectivity index (χ3n) is 2.37. The van der Waals surface area contributed by atoms with Gasteiger partial charge in [0.05, 0.1) is 6.61 Å². The van der Waals surface area contributed by atoms with Crippen molar-refractivity contribution in [1.82, 2.24) is 0 Å². The van der Waals surface area contributed by atoms with E-state index >= 15 is 0 Å². The van der Waals surface area contributed by atoms with Gasteiger partial charge in [-0.1, -0.05) is 0 Å². The summed E-state index contributed by atoms with van der Waals surface area (Å²) in [6.07, 6.45) is 1.89. The topological polar surface area (TPSA) is 38.7 Å². The SMILES string of the molecule is COC1(OC)CC[C@@H]1CO. The van der Waals surface area contributed by atoms with E-state index in [-0.39, 0.29) is 12.5 Å². The zero-order valence-electron chi connectivity index (χ0n) is 6.46. The molecule has 0 spiro atoms. The van der Waals surface area contributed by atoms with E-state index in [0.717, 1.165) is 12.8 Å². The first-order valence-corrected chi connectivity index (χ1v) is 3.50. The maximum atomic E-state index is 8.82. The minimum absolute atomic E-state index is 0.154. The molecule has 0 unspecified atom stereocenters. The Balaban J connectivity index is 2.48. The molecule has 1 saturated carbocycles. The Bertz CT molecular complexity index is 102. The highest BCUT2D eigenvalue weighted by Crippen LogP contribution is 2.41. The first-order valence-electron chi connectivity index (χ1n) is 3.50. The van der Waals surface area contributed by atoms with Crippen molar-refractivity contribution in [3.63, 3.8) is 0 Å². The third-order valence-corrected chi connectivity index (χ3v) is 2.37. The molecule has 1 rings (SSSR count). The van der Waals surface area contributed by atoms with E-state index in [9.17, 15) is 0 Å². The zero-order valence-corrected chi connectivity index (χ0v) is 6.46. The van der Waals surface area contributed by atoms with Gasteiger partial charge in [-0.25, -0.2) is 0 Å². The number of methoxy groups -OCH3 is 2. The summed E-state index contributed by atoms with van der Waals surface area (Å²) in [7, 11) is 3.23. The molecule has 0 aromatic carbocycles. The van der Waals surface area contributed by atoms with Gasteiger partial charge in [-0.05, 0) is 6.42 Å². The van der Waals surface area contributed by atoms with Crippen LogP contribution in [0.1, 0.15) is 12.8 Å². The van der Waals surface area contributed by atoms with Gasteiger partial charge >= 0.3 is 0 Å². The number of hydrogen-bond acceptors (Lipinski definition) is 3. The maximum Gasteiger partial charge on any atom is 0.172 e. The van der Waals surface area contributed by atoms with Crippen LogP contribution in [0.3, 0.4) is 0 Å². The Morgan fingerprint density at radius 3 is 2.20 bits per heavy atom. The van der Waals surface area contributed by atoms with Crippen LogP contribution >= 0.6 is 0 Å². The fourth-order valence-corrected chi connectivity index (χ4v) is 1.44. The standard InChI is InChI=1S/C7H14O3/c1-9-7(10-2)4-3-6(7)5-8/h6,8H,3-5H2,1-2H3/t6-/m1/s1. The molecule has 0 saturated heterocycles. The number of hydrogen-bond donors (Lipinski definition) is 1. The van der Waals surface area contributed by atoms with E-state index in [4.69, 9.17) is 14.6 Å². The van der Waals surface area contributed by atoms with Crippen LogP contribution < -0.4 is 0 Å². The molecule has 0 aromatic heterocycles. The van der Waals surface area contributed by atoms with Crippen molar-refractivity contribution in [1.29, 1.82) is 0 Å². The summed E-state index contributed by atoms with van der Waals surface area (Å²) in [5.74, 6) is -0.308. The molecule has 0 heterocycles. The molecule has 1 fully saturated rings. The lowest BCUT2D eigenvalue weighted by atomic mass is 9.78. The lowest BCUT2D eigenvalue weighted by Gasteiger charge is -2.45. The highest BCUT2D eigenvalue weighted by molar-refractivity contribution is 4.89. The van der Waals surface area contributed by atoms with Crippen molar-refractivity contribution >= 4 is 0 Å². The fourth-order valence-electron chi connectivity index (χ4n) is 1.44. The molecular formula is C7H14O3. The van der Waals surface area contributed by atoms with Crippen molar-refractivity contribution in [2.24, 2.45) is 5.92 Å². The first-order chi connectivity index (χ1) is 4.79. The van der Waals surface area contributed by atoms with Gasteiger partial charge in [0.1, 0.15) is 0 Å². The van der Waals surface area contributed by atoms with Crippen LogP contribution in [0.4, 0.5) is 0 Å². The summed E-state index contributed by atoms with van der Waals surface area (Å²) in [5.41, 5.74) is 0. The van der Waals surface area contributed by atoms with Crippen LogP contribution in [0.25, 0.3) is 0 Å². The average molecular weight is 146 g/mol. The van der Waals surface area contributed by atoms with Crippen LogP contribution in [0.15, 0.2) is 0 Å². The molecule has 0 aromatic rings. The largest absolute Gasteiger partial charge is 0.396 e. The summed E-state index contributed by atoms with van der Waals surface area (Å²) in [5, 5.41) is 8.82. The van der Waals surface area contributed by atoms with Crippen LogP contribution in [0, 0.1) is 5.92 Å². The normalized spacial score (nSPS) is 29.7.